The van der Waals surface area contributed by atoms with Gasteiger partial charge in [0.05, 0.1) is 9.82 Å². The number of nitro benzene ring substituents is 1. The van der Waals surface area contributed by atoms with E-state index < -0.39 is 10.8 Å². The van der Waals surface area contributed by atoms with Crippen LogP contribution in [0.3, 0.4) is 0 Å². The van der Waals surface area contributed by atoms with E-state index in [4.69, 9.17) is 0 Å². The second kappa shape index (κ2) is 9.85. The lowest BCUT2D eigenvalue weighted by Gasteiger charge is -2.12. The van der Waals surface area contributed by atoms with Gasteiger partial charge in [-0.15, -0.1) is 0 Å². The average molecular weight is 446 g/mol. The zero-order valence-corrected chi connectivity index (χ0v) is 18.4. The molecule has 9 heteroatoms. The Kier molecular flexibility index (Phi) is 6.97. The largest absolute Gasteiger partial charge is 0.321 e. The molecule has 2 aromatic carbocycles. The number of nitriles is 1. The summed E-state index contributed by atoms with van der Waals surface area (Å²) in [5.41, 5.74) is 3.51. The number of aromatic nitrogens is 2. The van der Waals surface area contributed by atoms with Gasteiger partial charge in [-0.2, -0.15) is 5.26 Å². The molecule has 1 amide bonds. The fourth-order valence-corrected chi connectivity index (χ4v) is 3.96. The van der Waals surface area contributed by atoms with E-state index in [1.54, 1.807) is 30.6 Å². The van der Waals surface area contributed by atoms with Crippen molar-refractivity contribution in [3.63, 3.8) is 0 Å². The molecule has 0 aliphatic heterocycles. The highest BCUT2D eigenvalue weighted by Crippen LogP contribution is 2.34. The molecule has 32 heavy (non-hydrogen) atoms. The summed E-state index contributed by atoms with van der Waals surface area (Å²) in [6.07, 6.45) is 4.43. The van der Waals surface area contributed by atoms with Crippen LogP contribution in [0.4, 0.5) is 11.4 Å². The Morgan fingerprint density at radius 1 is 1.16 bits per heavy atom. The predicted octanol–water partition coefficient (Wildman–Crippen LogP) is 5.01. The maximum atomic E-state index is 12.7. The van der Waals surface area contributed by atoms with Crippen LogP contribution >= 0.6 is 11.8 Å². The van der Waals surface area contributed by atoms with Crippen LogP contribution in [0.1, 0.15) is 22.3 Å². The van der Waals surface area contributed by atoms with Crippen LogP contribution in [-0.2, 0) is 4.79 Å². The zero-order chi connectivity index (χ0) is 23.3. The first-order valence-electron chi connectivity index (χ1n) is 9.53. The molecule has 1 heterocycles. The number of anilines is 1. The number of hydrogen-bond acceptors (Lipinski definition) is 7. The summed E-state index contributed by atoms with van der Waals surface area (Å²) >= 11 is 1.06. The number of rotatable bonds is 6. The number of benzene rings is 2. The zero-order valence-electron chi connectivity index (χ0n) is 17.6. The molecule has 0 bridgehead atoms. The molecular weight excluding hydrogens is 426 g/mol. The van der Waals surface area contributed by atoms with E-state index in [1.807, 2.05) is 39.0 Å². The predicted molar refractivity (Wildman–Crippen MR) is 122 cm³/mol. The van der Waals surface area contributed by atoms with Gasteiger partial charge in [0, 0.05) is 24.1 Å². The van der Waals surface area contributed by atoms with Crippen molar-refractivity contribution in [2.75, 3.05) is 5.32 Å². The van der Waals surface area contributed by atoms with Crippen LogP contribution in [0.15, 0.2) is 64.4 Å². The Labute approximate surface area is 189 Å². The molecule has 8 nitrogen and oxygen atoms in total. The maximum Gasteiger partial charge on any atom is 0.283 e. The van der Waals surface area contributed by atoms with Gasteiger partial charge in [0.2, 0.25) is 0 Å². The first-order chi connectivity index (χ1) is 15.3. The van der Waals surface area contributed by atoms with Crippen molar-refractivity contribution in [1.82, 2.24) is 9.97 Å². The van der Waals surface area contributed by atoms with Crippen LogP contribution < -0.4 is 5.32 Å². The molecule has 0 saturated carbocycles. The van der Waals surface area contributed by atoms with E-state index in [1.165, 1.54) is 12.1 Å². The standard InChI is InChI=1S/C23H19N5O3S/c1-14-9-15(2)21(16(3)10-14)27-22(29)18(13-24)11-17-5-6-20(19(12-17)28(30)31)32-23-25-7-4-8-26-23/h4-12H,1-3H3,(H,27,29)/b18-11-. The first-order valence-corrected chi connectivity index (χ1v) is 10.3. The van der Waals surface area contributed by atoms with Gasteiger partial charge in [-0.3, -0.25) is 14.9 Å². The molecule has 0 aliphatic rings. The summed E-state index contributed by atoms with van der Waals surface area (Å²) in [6, 6.07) is 11.9. The first kappa shape index (κ1) is 22.7. The molecular formula is C23H19N5O3S. The topological polar surface area (TPSA) is 122 Å². The van der Waals surface area contributed by atoms with Gasteiger partial charge in [-0.1, -0.05) is 23.8 Å². The highest BCUT2D eigenvalue weighted by molar-refractivity contribution is 7.99. The summed E-state index contributed by atoms with van der Waals surface area (Å²) in [6.45, 7) is 5.72. The van der Waals surface area contributed by atoms with Crippen molar-refractivity contribution in [3.05, 3.63) is 86.7 Å². The van der Waals surface area contributed by atoms with Crippen molar-refractivity contribution in [2.24, 2.45) is 0 Å². The lowest BCUT2D eigenvalue weighted by molar-refractivity contribution is -0.387. The monoisotopic (exact) mass is 445 g/mol. The van der Waals surface area contributed by atoms with Gasteiger partial charge in [-0.25, -0.2) is 9.97 Å². The molecule has 0 aliphatic carbocycles. The van der Waals surface area contributed by atoms with E-state index in [0.717, 1.165) is 28.5 Å². The SMILES string of the molecule is Cc1cc(C)c(NC(=O)/C(C#N)=C\c2ccc(Sc3ncccn3)c([N+](=O)[O-])c2)c(C)c1. The Balaban J connectivity index is 1.90. The number of aryl methyl sites for hydroxylation is 3. The van der Waals surface area contributed by atoms with E-state index in [9.17, 15) is 20.2 Å². The van der Waals surface area contributed by atoms with E-state index in [2.05, 4.69) is 15.3 Å². The number of nitrogens with one attached hydrogen (secondary N) is 1. The normalized spacial score (nSPS) is 11.0. The fourth-order valence-electron chi connectivity index (χ4n) is 3.16. The molecule has 3 aromatic rings. The van der Waals surface area contributed by atoms with Crippen molar-refractivity contribution in [1.29, 1.82) is 5.26 Å². The molecule has 3 rings (SSSR count). The minimum Gasteiger partial charge on any atom is -0.321 e. The number of hydrogen-bond donors (Lipinski definition) is 1. The Bertz CT molecular complexity index is 1240. The minimum absolute atomic E-state index is 0.162. The number of nitro groups is 1. The maximum absolute atomic E-state index is 12.7. The minimum atomic E-state index is -0.582. The van der Waals surface area contributed by atoms with Crippen molar-refractivity contribution >= 4 is 35.1 Å². The third-order valence-electron chi connectivity index (χ3n) is 4.51. The van der Waals surface area contributed by atoms with Gasteiger partial charge in [0.15, 0.2) is 5.16 Å². The smallest absolute Gasteiger partial charge is 0.283 e. The molecule has 0 unspecified atom stereocenters. The summed E-state index contributed by atoms with van der Waals surface area (Å²) in [5, 5.41) is 24.2. The summed E-state index contributed by atoms with van der Waals surface area (Å²) in [7, 11) is 0. The van der Waals surface area contributed by atoms with E-state index in [0.29, 0.717) is 21.3 Å². The second-order valence-corrected chi connectivity index (χ2v) is 8.02. The quantitative estimate of drug-likeness (QED) is 0.186. The van der Waals surface area contributed by atoms with Crippen molar-refractivity contribution < 1.29 is 9.72 Å². The van der Waals surface area contributed by atoms with Crippen LogP contribution in [0.2, 0.25) is 0 Å². The van der Waals surface area contributed by atoms with Gasteiger partial charge < -0.3 is 5.32 Å². The molecule has 1 aromatic heterocycles. The fraction of sp³-hybridized carbons (Fsp3) is 0.130. The van der Waals surface area contributed by atoms with Crippen molar-refractivity contribution in [2.45, 2.75) is 30.8 Å². The molecule has 160 valence electrons. The van der Waals surface area contributed by atoms with Crippen molar-refractivity contribution in [3.8, 4) is 6.07 Å². The van der Waals surface area contributed by atoms with Crippen LogP contribution in [0, 0.1) is 42.2 Å². The van der Waals surface area contributed by atoms with E-state index in [-0.39, 0.29) is 11.3 Å². The third kappa shape index (κ3) is 5.36. The molecule has 0 fully saturated rings. The van der Waals surface area contributed by atoms with Crippen LogP contribution in [-0.4, -0.2) is 20.8 Å². The Morgan fingerprint density at radius 2 is 1.81 bits per heavy atom. The second-order valence-electron chi connectivity index (χ2n) is 7.02. The van der Waals surface area contributed by atoms with Crippen LogP contribution in [0.5, 0.6) is 0 Å². The van der Waals surface area contributed by atoms with Gasteiger partial charge in [0.1, 0.15) is 11.6 Å². The average Bonchev–Trinajstić information content (AvgIpc) is 2.75. The summed E-state index contributed by atoms with van der Waals surface area (Å²) in [4.78, 5) is 32.3. The number of nitrogens with zero attached hydrogens (tertiary/aromatic N) is 4. The lowest BCUT2D eigenvalue weighted by atomic mass is 10.0. The molecule has 1 N–H and O–H groups in total. The Morgan fingerprint density at radius 3 is 2.41 bits per heavy atom. The number of amides is 1. The van der Waals surface area contributed by atoms with Crippen LogP contribution in [0.25, 0.3) is 6.08 Å². The summed E-state index contributed by atoms with van der Waals surface area (Å²) < 4.78 is 0. The number of carbonyl (C=O) groups excluding carboxylic acids is 1. The summed E-state index contributed by atoms with van der Waals surface area (Å²) in [5.74, 6) is -0.582. The van der Waals surface area contributed by atoms with E-state index >= 15 is 0 Å². The highest BCUT2D eigenvalue weighted by Gasteiger charge is 2.18. The van der Waals surface area contributed by atoms with Gasteiger partial charge in [0.25, 0.3) is 11.6 Å². The van der Waals surface area contributed by atoms with Gasteiger partial charge >= 0.3 is 0 Å². The third-order valence-corrected chi connectivity index (χ3v) is 5.47. The van der Waals surface area contributed by atoms with Gasteiger partial charge in [-0.05, 0) is 67.4 Å². The lowest BCUT2D eigenvalue weighted by Crippen LogP contribution is -2.15. The molecule has 0 atom stereocenters. The Hall–Kier alpha value is -4.03. The number of carbonyl (C=O) groups is 1. The molecule has 0 saturated heterocycles. The molecule has 0 spiro atoms. The highest BCUT2D eigenvalue weighted by atomic mass is 32.2. The molecule has 0 radical (unpaired) electrons.